The highest BCUT2D eigenvalue weighted by Crippen LogP contribution is 2.26. The Bertz CT molecular complexity index is 1000. The highest BCUT2D eigenvalue weighted by Gasteiger charge is 2.25. The molecule has 0 saturated heterocycles. The van der Waals surface area contributed by atoms with Gasteiger partial charge in [-0.1, -0.05) is 65.8 Å². The van der Waals surface area contributed by atoms with Gasteiger partial charge in [-0.05, 0) is 11.1 Å². The van der Waals surface area contributed by atoms with Gasteiger partial charge in [0.1, 0.15) is 0 Å². The van der Waals surface area contributed by atoms with Crippen LogP contribution in [0.3, 0.4) is 0 Å². The number of aromatic amines is 1. The van der Waals surface area contributed by atoms with Crippen molar-refractivity contribution in [1.82, 2.24) is 4.98 Å². The third kappa shape index (κ3) is 4.80. The lowest BCUT2D eigenvalue weighted by molar-refractivity contribution is -0.141. The summed E-state index contributed by atoms with van der Waals surface area (Å²) in [5.74, 6) is -1.46. The molecule has 142 valence electrons. The Balaban J connectivity index is 1.96. The van der Waals surface area contributed by atoms with Crippen LogP contribution in [0.25, 0.3) is 0 Å². The first kappa shape index (κ1) is 19.2. The van der Waals surface area contributed by atoms with Crippen molar-refractivity contribution in [2.45, 2.75) is 13.0 Å². The summed E-state index contributed by atoms with van der Waals surface area (Å²) in [4.78, 5) is 31.5. The van der Waals surface area contributed by atoms with Gasteiger partial charge in [0.05, 0.1) is 5.69 Å². The van der Waals surface area contributed by atoms with Crippen molar-refractivity contribution < 1.29 is 19.2 Å². The molecule has 3 rings (SSSR count). The second-order valence-electron chi connectivity index (χ2n) is 5.73. The van der Waals surface area contributed by atoms with Crippen LogP contribution in [-0.2, 0) is 19.2 Å². The molecule has 0 bridgehead atoms. The molecule has 8 heteroatoms. The van der Waals surface area contributed by atoms with Gasteiger partial charge >= 0.3 is 11.9 Å². The van der Waals surface area contributed by atoms with E-state index < -0.39 is 18.0 Å². The van der Waals surface area contributed by atoms with E-state index in [2.05, 4.69) is 15.0 Å². The molecule has 0 aliphatic heterocycles. The topological polar surface area (TPSA) is 105 Å². The van der Waals surface area contributed by atoms with Gasteiger partial charge in [-0.3, -0.25) is 5.41 Å². The van der Waals surface area contributed by atoms with Crippen LogP contribution >= 0.6 is 11.3 Å². The molecule has 0 saturated carbocycles. The first-order valence-corrected chi connectivity index (χ1v) is 9.22. The third-order valence-corrected chi connectivity index (χ3v) is 4.38. The van der Waals surface area contributed by atoms with Crippen LogP contribution in [-0.4, -0.2) is 22.6 Å². The number of esters is 1. The van der Waals surface area contributed by atoms with Crippen LogP contribution in [0, 0.1) is 5.41 Å². The molecule has 0 aliphatic rings. The number of nitrogens with one attached hydrogen (secondary N) is 2. The van der Waals surface area contributed by atoms with Crippen LogP contribution in [0.5, 0.6) is 0 Å². The summed E-state index contributed by atoms with van der Waals surface area (Å²) >= 11 is 1.08. The number of aromatic nitrogens is 1. The smallest absolute Gasteiger partial charge is 0.363 e. The average molecular weight is 395 g/mol. The van der Waals surface area contributed by atoms with Gasteiger partial charge in [-0.25, -0.2) is 9.59 Å². The van der Waals surface area contributed by atoms with Gasteiger partial charge < -0.3 is 14.6 Å². The van der Waals surface area contributed by atoms with Gasteiger partial charge in [0, 0.05) is 12.3 Å². The fraction of sp³-hybridized carbons (Fsp3) is 0.100. The molecule has 2 N–H and O–H groups in total. The minimum absolute atomic E-state index is 0.126. The Labute approximate surface area is 164 Å². The van der Waals surface area contributed by atoms with Crippen LogP contribution in [0.15, 0.2) is 71.2 Å². The molecule has 1 aromatic heterocycles. The standard InChI is InChI=1S/C20H17N3O4S/c1-13(24)27-23-17(16-12-28-20(21)22-16)19(25)26-18(14-8-4-2-5-9-14)15-10-6-3-7-11-15/h2-12,18H,1H3,(H2,21,22). The Morgan fingerprint density at radius 1 is 1.04 bits per heavy atom. The van der Waals surface area contributed by atoms with E-state index in [9.17, 15) is 9.59 Å². The molecule has 7 nitrogen and oxygen atoms in total. The van der Waals surface area contributed by atoms with E-state index in [-0.39, 0.29) is 16.2 Å². The van der Waals surface area contributed by atoms with E-state index >= 15 is 0 Å². The number of carbonyl (C=O) groups excluding carboxylic acids is 2. The van der Waals surface area contributed by atoms with Crippen molar-refractivity contribution in [3.05, 3.63) is 87.7 Å². The van der Waals surface area contributed by atoms with E-state index in [4.69, 9.17) is 10.1 Å². The average Bonchev–Trinajstić information content (AvgIpc) is 3.13. The van der Waals surface area contributed by atoms with Crippen LogP contribution < -0.4 is 4.80 Å². The maximum Gasteiger partial charge on any atom is 0.363 e. The van der Waals surface area contributed by atoms with E-state index in [0.717, 1.165) is 22.5 Å². The first-order valence-electron chi connectivity index (χ1n) is 8.34. The molecule has 0 atom stereocenters. The third-order valence-electron chi connectivity index (χ3n) is 3.69. The molecule has 28 heavy (non-hydrogen) atoms. The fourth-order valence-corrected chi connectivity index (χ4v) is 3.04. The minimum Gasteiger partial charge on any atom is -0.448 e. The quantitative estimate of drug-likeness (QED) is 0.289. The van der Waals surface area contributed by atoms with E-state index in [0.29, 0.717) is 0 Å². The van der Waals surface area contributed by atoms with Crippen molar-refractivity contribution in [1.29, 1.82) is 5.41 Å². The molecule has 0 amide bonds. The van der Waals surface area contributed by atoms with Crippen molar-refractivity contribution in [3.8, 4) is 0 Å². The lowest BCUT2D eigenvalue weighted by atomic mass is 10.0. The van der Waals surface area contributed by atoms with Gasteiger partial charge in [0.2, 0.25) is 5.71 Å². The molecule has 0 fully saturated rings. The van der Waals surface area contributed by atoms with E-state index in [1.165, 1.54) is 12.3 Å². The van der Waals surface area contributed by atoms with Crippen molar-refractivity contribution in [2.24, 2.45) is 5.16 Å². The molecule has 3 aromatic rings. The van der Waals surface area contributed by atoms with Crippen LogP contribution in [0.4, 0.5) is 0 Å². The molecule has 0 aliphatic carbocycles. The van der Waals surface area contributed by atoms with Crippen LogP contribution in [0.1, 0.15) is 29.8 Å². The molecular weight excluding hydrogens is 378 g/mol. The van der Waals surface area contributed by atoms with Crippen molar-refractivity contribution >= 4 is 29.0 Å². The monoisotopic (exact) mass is 395 g/mol. The Morgan fingerprint density at radius 3 is 2.07 bits per heavy atom. The lowest BCUT2D eigenvalue weighted by Crippen LogP contribution is -2.23. The highest BCUT2D eigenvalue weighted by molar-refractivity contribution is 7.07. The molecular formula is C20H17N3O4S. The molecule has 0 unspecified atom stereocenters. The maximum atomic E-state index is 12.9. The van der Waals surface area contributed by atoms with Gasteiger partial charge in [0.25, 0.3) is 0 Å². The zero-order valence-electron chi connectivity index (χ0n) is 14.9. The lowest BCUT2D eigenvalue weighted by Gasteiger charge is -2.19. The SMILES string of the molecule is CC(=O)ON=C(C(=O)OC(c1ccccc1)c1ccccc1)c1csc(=N)[nH]1. The number of rotatable bonds is 6. The van der Waals surface area contributed by atoms with E-state index in [1.54, 1.807) is 0 Å². The number of H-pyrrole nitrogens is 1. The summed E-state index contributed by atoms with van der Waals surface area (Å²) in [6.45, 7) is 1.18. The number of benzene rings is 2. The zero-order chi connectivity index (χ0) is 19.9. The number of nitrogens with zero attached hydrogens (tertiary/aromatic N) is 1. The largest absolute Gasteiger partial charge is 0.448 e. The second-order valence-corrected chi connectivity index (χ2v) is 6.61. The molecule has 0 spiro atoms. The number of hydrogen-bond acceptors (Lipinski definition) is 7. The minimum atomic E-state index is -0.784. The Morgan fingerprint density at radius 2 is 1.61 bits per heavy atom. The van der Waals surface area contributed by atoms with Crippen molar-refractivity contribution in [3.63, 3.8) is 0 Å². The molecule has 1 heterocycles. The summed E-state index contributed by atoms with van der Waals surface area (Å²) in [7, 11) is 0. The summed E-state index contributed by atoms with van der Waals surface area (Å²) in [5.41, 5.74) is 1.58. The summed E-state index contributed by atoms with van der Waals surface area (Å²) in [6.07, 6.45) is -0.675. The predicted octanol–water partition coefficient (Wildman–Crippen LogP) is 3.16. The fourth-order valence-electron chi connectivity index (χ4n) is 2.47. The van der Waals surface area contributed by atoms with Gasteiger partial charge in [-0.2, -0.15) is 0 Å². The highest BCUT2D eigenvalue weighted by atomic mass is 32.1. The Kier molecular flexibility index (Phi) is 6.13. The number of oxime groups is 1. The van der Waals surface area contributed by atoms with E-state index in [1.807, 2.05) is 60.7 Å². The summed E-state index contributed by atoms with van der Waals surface area (Å²) in [5, 5.41) is 12.8. The number of thiazole rings is 1. The predicted molar refractivity (Wildman–Crippen MR) is 104 cm³/mol. The zero-order valence-corrected chi connectivity index (χ0v) is 15.7. The Hall–Kier alpha value is -3.52. The number of hydrogen-bond donors (Lipinski definition) is 2. The molecule has 0 radical (unpaired) electrons. The summed E-state index contributed by atoms with van der Waals surface area (Å²) < 4.78 is 5.74. The van der Waals surface area contributed by atoms with Gasteiger partial charge in [-0.15, -0.1) is 11.3 Å². The normalized spacial score (nSPS) is 11.3. The molecule has 2 aromatic carbocycles. The van der Waals surface area contributed by atoms with Gasteiger partial charge in [0.15, 0.2) is 10.9 Å². The first-order chi connectivity index (χ1) is 13.5. The maximum absolute atomic E-state index is 12.9. The van der Waals surface area contributed by atoms with Crippen molar-refractivity contribution in [2.75, 3.05) is 0 Å². The summed E-state index contributed by atoms with van der Waals surface area (Å²) in [6, 6.07) is 18.6. The number of carbonyl (C=O) groups is 2. The number of ether oxygens (including phenoxy) is 1. The second kappa shape index (κ2) is 8.92. The van der Waals surface area contributed by atoms with Crippen LogP contribution in [0.2, 0.25) is 0 Å².